The first-order chi connectivity index (χ1) is 17.4. The molecule has 0 bridgehead atoms. The molecule has 1 nitrogen and oxygen atoms in total. The summed E-state index contributed by atoms with van der Waals surface area (Å²) in [6.07, 6.45) is 4.87. The predicted molar refractivity (Wildman–Crippen MR) is 151 cm³/mol. The number of nitrogens with zero attached hydrogens (tertiary/aromatic N) is 1. The molecule has 4 aromatic carbocycles. The maximum absolute atomic E-state index is 5.33. The minimum Gasteiger partial charge on any atom is -0.247 e. The van der Waals surface area contributed by atoms with Crippen molar-refractivity contribution in [2.45, 2.75) is 25.7 Å². The highest BCUT2D eigenvalue weighted by Gasteiger charge is 2.28. The Balaban J connectivity index is 1.55. The largest absolute Gasteiger partial charge is 0.247 e. The topological polar surface area (TPSA) is 12.9 Å². The Labute approximate surface area is 207 Å². The molecule has 2 heteroatoms. The summed E-state index contributed by atoms with van der Waals surface area (Å²) < 4.78 is 0. The first-order valence-electron chi connectivity index (χ1n) is 12.5. The fourth-order valence-corrected chi connectivity index (χ4v) is 8.84. The number of rotatable bonds is 3. The Hall–Kier alpha value is -3.67. The van der Waals surface area contributed by atoms with Crippen molar-refractivity contribution >= 4 is 29.2 Å². The average Bonchev–Trinajstić information content (AvgIpc) is 3.29. The van der Waals surface area contributed by atoms with Crippen LogP contribution in [0.25, 0.3) is 48.8 Å². The fourth-order valence-electron chi connectivity index (χ4n) is 5.83. The normalized spacial score (nSPS) is 13.8. The van der Waals surface area contributed by atoms with Crippen LogP contribution in [0.5, 0.6) is 0 Å². The summed E-state index contributed by atoms with van der Waals surface area (Å²) in [5.74, 6) is 0. The van der Waals surface area contributed by atoms with Crippen LogP contribution in [0.3, 0.4) is 0 Å². The second kappa shape index (κ2) is 8.52. The number of pyridine rings is 1. The maximum Gasteiger partial charge on any atom is 0.0755 e. The van der Waals surface area contributed by atoms with Crippen molar-refractivity contribution in [2.75, 3.05) is 0 Å². The second-order valence-electron chi connectivity index (χ2n) is 9.45. The van der Waals surface area contributed by atoms with Crippen molar-refractivity contribution in [3.63, 3.8) is 0 Å². The molecule has 2 heterocycles. The minimum atomic E-state index is -0.663. The Kier molecular flexibility index (Phi) is 5.04. The number of hydrogen-bond acceptors (Lipinski definition) is 1. The van der Waals surface area contributed by atoms with Crippen LogP contribution in [0, 0.1) is 0 Å². The Morgan fingerprint density at radius 2 is 1.23 bits per heavy atom. The van der Waals surface area contributed by atoms with E-state index in [2.05, 4.69) is 109 Å². The number of aromatic nitrogens is 1. The van der Waals surface area contributed by atoms with E-state index < -0.39 is 7.53 Å². The van der Waals surface area contributed by atoms with Gasteiger partial charge in [-0.3, -0.25) is 0 Å². The highest BCUT2D eigenvalue weighted by atomic mass is 31.1. The molecule has 0 N–H and O–H groups in total. The molecule has 2 aromatic heterocycles. The summed E-state index contributed by atoms with van der Waals surface area (Å²) in [4.78, 5) is 5.33. The van der Waals surface area contributed by atoms with Crippen LogP contribution in [0.1, 0.15) is 24.0 Å². The van der Waals surface area contributed by atoms with Gasteiger partial charge in [0, 0.05) is 16.0 Å². The van der Waals surface area contributed by atoms with E-state index in [0.717, 1.165) is 17.6 Å². The standard InChI is InChI=1S/C33H26NP/c1-3-12-24(13-4-1)32-28-17-9-10-18-29(28)33(35(32)25-14-5-2-6-15-25)31-22-20-27-26-16-8-7-11-23(26)19-21-30(27)34-31/h1-8,11-16,19-22H,9-10,17-18H2. The van der Waals surface area contributed by atoms with E-state index in [1.807, 2.05) is 0 Å². The zero-order valence-corrected chi connectivity index (χ0v) is 20.5. The molecular formula is C33H26NP. The van der Waals surface area contributed by atoms with Crippen molar-refractivity contribution in [1.82, 2.24) is 4.98 Å². The average molecular weight is 468 g/mol. The third-order valence-corrected chi connectivity index (χ3v) is 10.1. The van der Waals surface area contributed by atoms with Crippen LogP contribution in [0.15, 0.2) is 109 Å². The van der Waals surface area contributed by atoms with Gasteiger partial charge in [0.15, 0.2) is 0 Å². The lowest BCUT2D eigenvalue weighted by atomic mass is 9.90. The smallest absolute Gasteiger partial charge is 0.0755 e. The second-order valence-corrected chi connectivity index (χ2v) is 11.5. The van der Waals surface area contributed by atoms with Gasteiger partial charge in [-0.25, -0.2) is 4.98 Å². The van der Waals surface area contributed by atoms with E-state index in [0.29, 0.717) is 0 Å². The highest BCUT2D eigenvalue weighted by molar-refractivity contribution is 7.63. The van der Waals surface area contributed by atoms with Gasteiger partial charge in [0.2, 0.25) is 0 Å². The predicted octanol–water partition coefficient (Wildman–Crippen LogP) is 9.58. The summed E-state index contributed by atoms with van der Waals surface area (Å²) in [5, 5.41) is 8.24. The molecule has 35 heavy (non-hydrogen) atoms. The van der Waals surface area contributed by atoms with Gasteiger partial charge in [0.05, 0.1) is 11.2 Å². The molecule has 0 aliphatic heterocycles. The van der Waals surface area contributed by atoms with Crippen LogP contribution < -0.4 is 0 Å². The van der Waals surface area contributed by atoms with E-state index in [9.17, 15) is 0 Å². The molecule has 7 rings (SSSR count). The first kappa shape index (κ1) is 20.7. The zero-order valence-electron chi connectivity index (χ0n) is 19.6. The lowest BCUT2D eigenvalue weighted by Gasteiger charge is -2.15. The molecule has 168 valence electrons. The van der Waals surface area contributed by atoms with Crippen molar-refractivity contribution in [2.24, 2.45) is 0 Å². The zero-order chi connectivity index (χ0) is 23.2. The number of benzene rings is 4. The lowest BCUT2D eigenvalue weighted by molar-refractivity contribution is 0.692. The molecule has 0 spiro atoms. The van der Waals surface area contributed by atoms with Gasteiger partial charge < -0.3 is 0 Å². The number of fused-ring (bicyclic) bond motifs is 4. The fraction of sp³-hybridized carbons (Fsp3) is 0.121. The van der Waals surface area contributed by atoms with E-state index in [1.54, 1.807) is 16.4 Å². The third kappa shape index (κ3) is 3.42. The summed E-state index contributed by atoms with van der Waals surface area (Å²) >= 11 is 0. The molecule has 1 aliphatic rings. The van der Waals surface area contributed by atoms with Gasteiger partial charge >= 0.3 is 0 Å². The van der Waals surface area contributed by atoms with Crippen LogP contribution in [0.2, 0.25) is 0 Å². The summed E-state index contributed by atoms with van der Waals surface area (Å²) in [6.45, 7) is 0. The van der Waals surface area contributed by atoms with Gasteiger partial charge in [0.25, 0.3) is 0 Å². The Morgan fingerprint density at radius 3 is 2.03 bits per heavy atom. The summed E-state index contributed by atoms with van der Waals surface area (Å²) in [6, 6.07) is 39.9. The van der Waals surface area contributed by atoms with Gasteiger partial charge in [-0.2, -0.15) is 0 Å². The van der Waals surface area contributed by atoms with Crippen molar-refractivity contribution in [1.29, 1.82) is 0 Å². The minimum absolute atomic E-state index is 0.663. The molecule has 1 unspecified atom stereocenters. The molecule has 6 aromatic rings. The summed E-state index contributed by atoms with van der Waals surface area (Å²) in [5.41, 5.74) is 6.77. The SMILES string of the molecule is c1ccc(-c2c3c(c(-c4ccc5c(ccc6ccccc65)n4)p2-c2ccccc2)CCCC3)cc1. The van der Waals surface area contributed by atoms with E-state index >= 15 is 0 Å². The third-order valence-electron chi connectivity index (χ3n) is 7.39. The summed E-state index contributed by atoms with van der Waals surface area (Å²) in [7, 11) is -0.663. The van der Waals surface area contributed by atoms with Gasteiger partial charge in [-0.1, -0.05) is 105 Å². The molecule has 0 fully saturated rings. The molecule has 0 amide bonds. The molecule has 0 saturated heterocycles. The van der Waals surface area contributed by atoms with E-state index in [4.69, 9.17) is 4.98 Å². The van der Waals surface area contributed by atoms with Crippen molar-refractivity contribution < 1.29 is 0 Å². The van der Waals surface area contributed by atoms with Crippen LogP contribution in [0.4, 0.5) is 0 Å². The monoisotopic (exact) mass is 467 g/mol. The van der Waals surface area contributed by atoms with E-state index in [-0.39, 0.29) is 0 Å². The van der Waals surface area contributed by atoms with Crippen molar-refractivity contribution in [3.05, 3.63) is 120 Å². The van der Waals surface area contributed by atoms with Crippen LogP contribution in [-0.2, 0) is 12.8 Å². The lowest BCUT2D eigenvalue weighted by Crippen LogP contribution is -2.01. The van der Waals surface area contributed by atoms with Gasteiger partial charge in [-0.15, -0.1) is 0 Å². The van der Waals surface area contributed by atoms with Crippen LogP contribution in [-0.4, -0.2) is 4.98 Å². The van der Waals surface area contributed by atoms with Gasteiger partial charge in [0.1, 0.15) is 0 Å². The molecule has 0 radical (unpaired) electrons. The molecule has 1 aliphatic carbocycles. The Bertz CT molecular complexity index is 1680. The first-order valence-corrected chi connectivity index (χ1v) is 13.9. The van der Waals surface area contributed by atoms with Crippen LogP contribution >= 0.6 is 7.53 Å². The number of hydrogen-bond donors (Lipinski definition) is 0. The highest BCUT2D eigenvalue weighted by Crippen LogP contribution is 2.61. The van der Waals surface area contributed by atoms with Crippen molar-refractivity contribution in [3.8, 4) is 27.2 Å². The maximum atomic E-state index is 5.33. The molecule has 0 saturated carbocycles. The molecule has 1 atom stereocenters. The molecular weight excluding hydrogens is 441 g/mol. The Morgan fingerprint density at radius 1 is 0.543 bits per heavy atom. The van der Waals surface area contributed by atoms with E-state index in [1.165, 1.54) is 51.6 Å². The quantitative estimate of drug-likeness (QED) is 0.236. The van der Waals surface area contributed by atoms with Gasteiger partial charge in [-0.05, 0) is 70.6 Å².